The summed E-state index contributed by atoms with van der Waals surface area (Å²) in [6, 6.07) is 9.00. The molecule has 1 atom stereocenters. The van der Waals surface area contributed by atoms with Gasteiger partial charge in [-0.25, -0.2) is 12.8 Å². The van der Waals surface area contributed by atoms with Gasteiger partial charge in [-0.05, 0) is 56.2 Å². The summed E-state index contributed by atoms with van der Waals surface area (Å²) in [5.41, 5.74) is 2.43. The highest BCUT2D eigenvalue weighted by atomic mass is 32.2. The topological polar surface area (TPSA) is 75.3 Å². The number of rotatable bonds is 5. The average Bonchev–Trinajstić information content (AvgIpc) is 2.51. The monoisotopic (exact) mass is 350 g/mol. The Hall–Kier alpha value is -2.25. The van der Waals surface area contributed by atoms with E-state index in [0.717, 1.165) is 35.4 Å². The predicted octanol–water partition coefficient (Wildman–Crippen LogP) is 2.75. The first-order valence-electron chi connectivity index (χ1n) is 7.35. The molecule has 0 heterocycles. The molecular weight excluding hydrogens is 331 g/mol. The number of benzene rings is 2. The fourth-order valence-electron chi connectivity index (χ4n) is 2.21. The molecule has 0 fully saturated rings. The lowest BCUT2D eigenvalue weighted by molar-refractivity contribution is -0.117. The van der Waals surface area contributed by atoms with Crippen molar-refractivity contribution in [1.82, 2.24) is 4.72 Å². The summed E-state index contributed by atoms with van der Waals surface area (Å²) in [4.78, 5) is 12.2. The van der Waals surface area contributed by atoms with Gasteiger partial charge in [0.05, 0.1) is 10.9 Å². The summed E-state index contributed by atoms with van der Waals surface area (Å²) in [6.45, 7) is 5.16. The van der Waals surface area contributed by atoms with Gasteiger partial charge in [-0.1, -0.05) is 18.2 Å². The maximum absolute atomic E-state index is 12.9. The molecule has 0 aliphatic carbocycles. The lowest BCUT2D eigenvalue weighted by Crippen LogP contribution is -2.41. The van der Waals surface area contributed by atoms with Crippen molar-refractivity contribution < 1.29 is 17.6 Å². The minimum Gasteiger partial charge on any atom is -0.324 e. The van der Waals surface area contributed by atoms with Crippen LogP contribution in [-0.2, 0) is 14.8 Å². The molecule has 0 saturated carbocycles. The van der Waals surface area contributed by atoms with Crippen LogP contribution in [-0.4, -0.2) is 20.4 Å². The number of para-hydroxylation sites is 1. The fraction of sp³-hybridized carbons (Fsp3) is 0.235. The molecule has 7 heteroatoms. The van der Waals surface area contributed by atoms with Crippen molar-refractivity contribution >= 4 is 21.6 Å². The van der Waals surface area contributed by atoms with Crippen LogP contribution < -0.4 is 10.0 Å². The van der Waals surface area contributed by atoms with Crippen molar-refractivity contribution in [2.45, 2.75) is 31.7 Å². The lowest BCUT2D eigenvalue weighted by Gasteiger charge is -2.17. The Kier molecular flexibility index (Phi) is 5.36. The molecule has 0 saturated heterocycles. The Morgan fingerprint density at radius 1 is 1.04 bits per heavy atom. The van der Waals surface area contributed by atoms with Crippen molar-refractivity contribution in [3.05, 3.63) is 59.4 Å². The Morgan fingerprint density at radius 3 is 2.12 bits per heavy atom. The van der Waals surface area contributed by atoms with Crippen LogP contribution >= 0.6 is 0 Å². The van der Waals surface area contributed by atoms with E-state index in [0.29, 0.717) is 5.69 Å². The SMILES string of the molecule is Cc1cccc(C)c1NC(=O)[C@@H](C)NS(=O)(=O)c1ccc(F)cc1. The number of amides is 1. The van der Waals surface area contributed by atoms with Gasteiger partial charge < -0.3 is 5.32 Å². The first-order valence-corrected chi connectivity index (χ1v) is 8.84. The van der Waals surface area contributed by atoms with Crippen molar-refractivity contribution in [2.75, 3.05) is 5.32 Å². The number of carbonyl (C=O) groups excluding carboxylic acids is 1. The number of hydrogen-bond donors (Lipinski definition) is 2. The van der Waals surface area contributed by atoms with Crippen LogP contribution in [0.25, 0.3) is 0 Å². The van der Waals surface area contributed by atoms with Crippen molar-refractivity contribution in [1.29, 1.82) is 0 Å². The zero-order valence-corrected chi connectivity index (χ0v) is 14.4. The first kappa shape index (κ1) is 18.1. The molecule has 2 aromatic carbocycles. The van der Waals surface area contributed by atoms with Crippen LogP contribution in [0.4, 0.5) is 10.1 Å². The highest BCUT2D eigenvalue weighted by Gasteiger charge is 2.22. The van der Waals surface area contributed by atoms with E-state index >= 15 is 0 Å². The molecule has 5 nitrogen and oxygen atoms in total. The highest BCUT2D eigenvalue weighted by Crippen LogP contribution is 2.19. The van der Waals surface area contributed by atoms with Gasteiger partial charge in [-0.15, -0.1) is 0 Å². The van der Waals surface area contributed by atoms with Gasteiger partial charge in [0.15, 0.2) is 0 Å². The minimum absolute atomic E-state index is 0.101. The van der Waals surface area contributed by atoms with Gasteiger partial charge in [-0.3, -0.25) is 4.79 Å². The number of hydrogen-bond acceptors (Lipinski definition) is 3. The third-order valence-electron chi connectivity index (χ3n) is 3.58. The van der Waals surface area contributed by atoms with Crippen LogP contribution in [0.3, 0.4) is 0 Å². The van der Waals surface area contributed by atoms with Crippen LogP contribution in [0.15, 0.2) is 47.4 Å². The normalized spacial score (nSPS) is 12.7. The third-order valence-corrected chi connectivity index (χ3v) is 5.14. The summed E-state index contributed by atoms with van der Waals surface area (Å²) >= 11 is 0. The van der Waals surface area contributed by atoms with Crippen LogP contribution in [0.1, 0.15) is 18.1 Å². The van der Waals surface area contributed by atoms with Crippen molar-refractivity contribution in [2.24, 2.45) is 0 Å². The maximum atomic E-state index is 12.9. The van der Waals surface area contributed by atoms with Crippen LogP contribution in [0.2, 0.25) is 0 Å². The number of sulfonamides is 1. The second-order valence-electron chi connectivity index (χ2n) is 5.55. The molecule has 2 N–H and O–H groups in total. The largest absolute Gasteiger partial charge is 0.324 e. The molecule has 0 spiro atoms. The summed E-state index contributed by atoms with van der Waals surface area (Å²) in [7, 11) is -3.91. The van der Waals surface area contributed by atoms with Crippen LogP contribution in [0.5, 0.6) is 0 Å². The quantitative estimate of drug-likeness (QED) is 0.871. The zero-order valence-electron chi connectivity index (χ0n) is 13.6. The Morgan fingerprint density at radius 2 is 1.58 bits per heavy atom. The number of nitrogens with one attached hydrogen (secondary N) is 2. The van der Waals surface area contributed by atoms with E-state index in [1.54, 1.807) is 0 Å². The Bertz CT molecular complexity index is 828. The molecule has 0 aliphatic heterocycles. The highest BCUT2D eigenvalue weighted by molar-refractivity contribution is 7.89. The molecule has 0 bridgehead atoms. The third kappa shape index (κ3) is 4.18. The van der Waals surface area contributed by atoms with E-state index < -0.39 is 27.8 Å². The molecule has 24 heavy (non-hydrogen) atoms. The average molecular weight is 350 g/mol. The van der Waals surface area contributed by atoms with Crippen LogP contribution in [0, 0.1) is 19.7 Å². The van der Waals surface area contributed by atoms with Gasteiger partial charge in [-0.2, -0.15) is 4.72 Å². The van der Waals surface area contributed by atoms with Gasteiger partial charge >= 0.3 is 0 Å². The lowest BCUT2D eigenvalue weighted by atomic mass is 10.1. The summed E-state index contributed by atoms with van der Waals surface area (Å²) in [5, 5.41) is 2.74. The van der Waals surface area contributed by atoms with E-state index in [4.69, 9.17) is 0 Å². The number of aryl methyl sites for hydroxylation is 2. The molecule has 0 aliphatic rings. The zero-order chi connectivity index (χ0) is 17.9. The van der Waals surface area contributed by atoms with Gasteiger partial charge in [0.25, 0.3) is 0 Å². The molecule has 1 amide bonds. The smallest absolute Gasteiger partial charge is 0.242 e. The van der Waals surface area contributed by atoms with Gasteiger partial charge in [0.1, 0.15) is 5.82 Å². The van der Waals surface area contributed by atoms with E-state index in [-0.39, 0.29) is 4.90 Å². The maximum Gasteiger partial charge on any atom is 0.242 e. The molecular formula is C17H19FN2O3S. The first-order chi connectivity index (χ1) is 11.2. The van der Waals surface area contributed by atoms with Crippen molar-refractivity contribution in [3.63, 3.8) is 0 Å². The molecule has 2 rings (SSSR count). The number of halogens is 1. The van der Waals surface area contributed by atoms with Crippen molar-refractivity contribution in [3.8, 4) is 0 Å². The minimum atomic E-state index is -3.91. The number of anilines is 1. The molecule has 2 aromatic rings. The predicted molar refractivity (Wildman–Crippen MR) is 90.7 cm³/mol. The number of carbonyl (C=O) groups is 1. The van der Waals surface area contributed by atoms with Gasteiger partial charge in [0, 0.05) is 5.69 Å². The summed E-state index contributed by atoms with van der Waals surface area (Å²) in [5.74, 6) is -1.01. The molecule has 0 radical (unpaired) electrons. The molecule has 128 valence electrons. The van der Waals surface area contributed by atoms with Gasteiger partial charge in [0.2, 0.25) is 15.9 Å². The van der Waals surface area contributed by atoms with E-state index in [9.17, 15) is 17.6 Å². The second kappa shape index (κ2) is 7.11. The molecule has 0 unspecified atom stereocenters. The Balaban J connectivity index is 2.12. The summed E-state index contributed by atoms with van der Waals surface area (Å²) in [6.07, 6.45) is 0. The second-order valence-corrected chi connectivity index (χ2v) is 7.27. The molecule has 0 aromatic heterocycles. The van der Waals surface area contributed by atoms with E-state index in [1.807, 2.05) is 32.0 Å². The summed E-state index contributed by atoms with van der Waals surface area (Å²) < 4.78 is 39.7. The fourth-order valence-corrected chi connectivity index (χ4v) is 3.41. The standard InChI is InChI=1S/C17H19FN2O3S/c1-11-5-4-6-12(2)16(11)19-17(21)13(3)20-24(22,23)15-9-7-14(18)8-10-15/h4-10,13,20H,1-3H3,(H,19,21)/t13-/m1/s1. The van der Waals surface area contributed by atoms with E-state index in [2.05, 4.69) is 10.0 Å². The Labute approximate surface area is 141 Å². The van der Waals surface area contributed by atoms with E-state index in [1.165, 1.54) is 6.92 Å².